The van der Waals surface area contributed by atoms with Gasteiger partial charge in [0, 0.05) is 10.6 Å². The third-order valence-corrected chi connectivity index (χ3v) is 4.92. The van der Waals surface area contributed by atoms with Crippen LogP contribution >= 0.6 is 23.2 Å². The monoisotopic (exact) mass is 415 g/mol. The van der Waals surface area contributed by atoms with Gasteiger partial charge in [-0.3, -0.25) is 4.79 Å². The first-order chi connectivity index (χ1) is 13.3. The van der Waals surface area contributed by atoms with Gasteiger partial charge in [-0.25, -0.2) is 4.98 Å². The predicted octanol–water partition coefficient (Wildman–Crippen LogP) is 5.97. The standard InChI is InChI=1S/C20H15Cl2N3O3/c1-9-6-13(11(3)27-9)16-8-14(18-10(2)25-28-20(18)24-16)19(26)23-17-7-12(21)4-5-15(17)22/h4-8H,1-3H3,(H,23,26). The van der Waals surface area contributed by atoms with Crippen LogP contribution in [-0.4, -0.2) is 16.0 Å². The van der Waals surface area contributed by atoms with Gasteiger partial charge in [0.15, 0.2) is 0 Å². The van der Waals surface area contributed by atoms with Crippen molar-refractivity contribution in [3.8, 4) is 11.3 Å². The molecule has 0 aliphatic heterocycles. The highest BCUT2D eigenvalue weighted by atomic mass is 35.5. The van der Waals surface area contributed by atoms with Crippen molar-refractivity contribution in [2.24, 2.45) is 0 Å². The van der Waals surface area contributed by atoms with Crippen molar-refractivity contribution in [1.82, 2.24) is 10.1 Å². The zero-order valence-electron chi connectivity index (χ0n) is 15.3. The molecule has 0 radical (unpaired) electrons. The van der Waals surface area contributed by atoms with Gasteiger partial charge in [0.2, 0.25) is 0 Å². The van der Waals surface area contributed by atoms with E-state index in [1.54, 1.807) is 31.2 Å². The minimum Gasteiger partial charge on any atom is -0.466 e. The van der Waals surface area contributed by atoms with Crippen LogP contribution in [0.15, 0.2) is 39.3 Å². The number of amides is 1. The number of furan rings is 1. The molecule has 0 saturated heterocycles. The number of halogens is 2. The van der Waals surface area contributed by atoms with Crippen molar-refractivity contribution >= 4 is 45.9 Å². The Morgan fingerprint density at radius 2 is 1.89 bits per heavy atom. The fourth-order valence-electron chi connectivity index (χ4n) is 3.08. The van der Waals surface area contributed by atoms with Crippen LogP contribution in [0.2, 0.25) is 10.0 Å². The van der Waals surface area contributed by atoms with Crippen molar-refractivity contribution in [2.75, 3.05) is 5.32 Å². The summed E-state index contributed by atoms with van der Waals surface area (Å²) in [6.45, 7) is 5.44. The Labute approximate surface area is 170 Å². The number of aromatic nitrogens is 2. The minimum atomic E-state index is -0.373. The second-order valence-electron chi connectivity index (χ2n) is 6.41. The number of hydrogen-bond acceptors (Lipinski definition) is 5. The SMILES string of the molecule is Cc1cc(-c2cc(C(=O)Nc3cc(Cl)ccc3Cl)c3c(C)noc3n2)c(C)o1. The van der Waals surface area contributed by atoms with E-state index in [0.717, 1.165) is 11.3 Å². The van der Waals surface area contributed by atoms with E-state index in [2.05, 4.69) is 15.5 Å². The van der Waals surface area contributed by atoms with E-state index in [9.17, 15) is 4.79 Å². The fourth-order valence-corrected chi connectivity index (χ4v) is 3.42. The van der Waals surface area contributed by atoms with E-state index in [4.69, 9.17) is 32.1 Å². The smallest absolute Gasteiger partial charge is 0.259 e. The molecule has 3 aromatic heterocycles. The van der Waals surface area contributed by atoms with Crippen molar-refractivity contribution in [2.45, 2.75) is 20.8 Å². The number of rotatable bonds is 3. The molecule has 142 valence electrons. The van der Waals surface area contributed by atoms with Crippen LogP contribution in [0.5, 0.6) is 0 Å². The second kappa shape index (κ2) is 6.96. The van der Waals surface area contributed by atoms with Crippen LogP contribution in [0.3, 0.4) is 0 Å². The molecule has 0 unspecified atom stereocenters. The molecule has 28 heavy (non-hydrogen) atoms. The Hall–Kier alpha value is -2.83. The first-order valence-corrected chi connectivity index (χ1v) is 9.20. The summed E-state index contributed by atoms with van der Waals surface area (Å²) in [4.78, 5) is 17.6. The molecule has 0 saturated carbocycles. The summed E-state index contributed by atoms with van der Waals surface area (Å²) in [7, 11) is 0. The van der Waals surface area contributed by atoms with E-state index in [0.29, 0.717) is 43.8 Å². The number of anilines is 1. The number of pyridine rings is 1. The Morgan fingerprint density at radius 3 is 2.61 bits per heavy atom. The van der Waals surface area contributed by atoms with Gasteiger partial charge in [0.1, 0.15) is 11.5 Å². The van der Waals surface area contributed by atoms with E-state index in [1.165, 1.54) is 0 Å². The maximum atomic E-state index is 13.1. The van der Waals surface area contributed by atoms with Crippen LogP contribution in [0.25, 0.3) is 22.4 Å². The Kier molecular flexibility index (Phi) is 4.61. The molecule has 1 N–H and O–H groups in total. The molecule has 1 amide bonds. The summed E-state index contributed by atoms with van der Waals surface area (Å²) >= 11 is 12.2. The van der Waals surface area contributed by atoms with E-state index in [1.807, 2.05) is 19.9 Å². The lowest BCUT2D eigenvalue weighted by Gasteiger charge is -2.09. The number of hydrogen-bond donors (Lipinski definition) is 1. The number of benzene rings is 1. The predicted molar refractivity (Wildman–Crippen MR) is 108 cm³/mol. The number of nitrogens with one attached hydrogen (secondary N) is 1. The molecule has 1 aromatic carbocycles. The largest absolute Gasteiger partial charge is 0.466 e. The van der Waals surface area contributed by atoms with E-state index >= 15 is 0 Å². The van der Waals surface area contributed by atoms with Gasteiger partial charge in [0.05, 0.1) is 33.0 Å². The Balaban J connectivity index is 1.85. The Morgan fingerprint density at radius 1 is 1.11 bits per heavy atom. The average Bonchev–Trinajstić information content (AvgIpc) is 3.19. The quantitative estimate of drug-likeness (QED) is 0.445. The zero-order chi connectivity index (χ0) is 20.0. The molecule has 8 heteroatoms. The lowest BCUT2D eigenvalue weighted by molar-refractivity contribution is 0.102. The van der Waals surface area contributed by atoms with Crippen molar-refractivity contribution in [3.63, 3.8) is 0 Å². The maximum Gasteiger partial charge on any atom is 0.259 e. The number of nitrogens with zero attached hydrogens (tertiary/aromatic N) is 2. The molecular formula is C20H15Cl2N3O3. The number of carbonyl (C=O) groups is 1. The third-order valence-electron chi connectivity index (χ3n) is 4.36. The summed E-state index contributed by atoms with van der Waals surface area (Å²) in [6, 6.07) is 8.41. The van der Waals surface area contributed by atoms with Gasteiger partial charge >= 0.3 is 0 Å². The highest BCUT2D eigenvalue weighted by Gasteiger charge is 2.21. The molecule has 0 aliphatic carbocycles. The van der Waals surface area contributed by atoms with Crippen LogP contribution in [0.1, 0.15) is 27.6 Å². The normalized spacial score (nSPS) is 11.2. The first-order valence-electron chi connectivity index (χ1n) is 8.44. The fraction of sp³-hybridized carbons (Fsp3) is 0.150. The molecule has 4 aromatic rings. The Bertz CT molecular complexity index is 1230. The molecular weight excluding hydrogens is 401 g/mol. The van der Waals surface area contributed by atoms with Crippen molar-refractivity contribution in [3.05, 3.63) is 63.2 Å². The van der Waals surface area contributed by atoms with Crippen LogP contribution in [-0.2, 0) is 0 Å². The molecule has 6 nitrogen and oxygen atoms in total. The zero-order valence-corrected chi connectivity index (χ0v) is 16.8. The molecule has 0 spiro atoms. The lowest BCUT2D eigenvalue weighted by Crippen LogP contribution is -2.13. The number of carbonyl (C=O) groups excluding carboxylic acids is 1. The molecule has 0 bridgehead atoms. The number of aryl methyl sites for hydroxylation is 3. The summed E-state index contributed by atoms with van der Waals surface area (Å²) in [5.74, 6) is 1.08. The van der Waals surface area contributed by atoms with Crippen LogP contribution in [0.4, 0.5) is 5.69 Å². The van der Waals surface area contributed by atoms with Crippen LogP contribution < -0.4 is 5.32 Å². The summed E-state index contributed by atoms with van der Waals surface area (Å²) in [5, 5.41) is 8.13. The third kappa shape index (κ3) is 3.25. The van der Waals surface area contributed by atoms with Crippen LogP contribution in [0, 0.1) is 20.8 Å². The van der Waals surface area contributed by atoms with Gasteiger partial charge in [-0.1, -0.05) is 28.4 Å². The van der Waals surface area contributed by atoms with E-state index in [-0.39, 0.29) is 11.6 Å². The van der Waals surface area contributed by atoms with Gasteiger partial charge in [-0.05, 0) is 51.1 Å². The molecule has 4 rings (SSSR count). The molecule has 0 atom stereocenters. The molecule has 0 aliphatic rings. The lowest BCUT2D eigenvalue weighted by atomic mass is 10.1. The summed E-state index contributed by atoms with van der Waals surface area (Å²) in [5.41, 5.74) is 2.96. The van der Waals surface area contributed by atoms with Gasteiger partial charge in [-0.2, -0.15) is 0 Å². The number of fused-ring (bicyclic) bond motifs is 1. The highest BCUT2D eigenvalue weighted by Crippen LogP contribution is 2.32. The molecule has 3 heterocycles. The topological polar surface area (TPSA) is 81.2 Å². The summed E-state index contributed by atoms with van der Waals surface area (Å²) < 4.78 is 10.9. The van der Waals surface area contributed by atoms with Crippen molar-refractivity contribution < 1.29 is 13.7 Å². The maximum absolute atomic E-state index is 13.1. The van der Waals surface area contributed by atoms with Crippen molar-refractivity contribution in [1.29, 1.82) is 0 Å². The first kappa shape index (κ1) is 18.5. The molecule has 0 fully saturated rings. The highest BCUT2D eigenvalue weighted by molar-refractivity contribution is 6.36. The van der Waals surface area contributed by atoms with E-state index < -0.39 is 0 Å². The average molecular weight is 416 g/mol. The summed E-state index contributed by atoms with van der Waals surface area (Å²) in [6.07, 6.45) is 0. The van der Waals surface area contributed by atoms with Gasteiger partial charge in [0.25, 0.3) is 11.6 Å². The van der Waals surface area contributed by atoms with Gasteiger partial charge < -0.3 is 14.3 Å². The second-order valence-corrected chi connectivity index (χ2v) is 7.25. The minimum absolute atomic E-state index is 0.274. The van der Waals surface area contributed by atoms with Gasteiger partial charge in [-0.15, -0.1) is 0 Å².